The molecular formula is C17H28N3O2+. The first kappa shape index (κ1) is 18.2. The predicted molar refractivity (Wildman–Crippen MR) is 87.7 cm³/mol. The molecule has 0 aliphatic heterocycles. The normalized spacial score (nSPS) is 13.3. The molecule has 0 aromatic heterocycles. The maximum atomic E-state index is 11.8. The van der Waals surface area contributed by atoms with E-state index in [1.54, 1.807) is 0 Å². The van der Waals surface area contributed by atoms with E-state index in [1.807, 2.05) is 20.9 Å². The van der Waals surface area contributed by atoms with Crippen molar-refractivity contribution >= 4 is 11.9 Å². The van der Waals surface area contributed by atoms with E-state index in [-0.39, 0.29) is 18.5 Å². The van der Waals surface area contributed by atoms with Crippen LogP contribution in [0.3, 0.4) is 0 Å². The lowest BCUT2D eigenvalue weighted by Crippen LogP contribution is -3.09. The summed E-state index contributed by atoms with van der Waals surface area (Å²) in [6.07, 6.45) is 1.86. The average Bonchev–Trinajstić information content (AvgIpc) is 2.47. The van der Waals surface area contributed by atoms with Crippen LogP contribution >= 0.6 is 0 Å². The summed E-state index contributed by atoms with van der Waals surface area (Å²) < 4.78 is 0. The number of carbonyl (C=O) groups is 2. The van der Waals surface area contributed by atoms with Crippen molar-refractivity contribution in [3.8, 4) is 0 Å². The molecule has 1 aromatic carbocycles. The van der Waals surface area contributed by atoms with Gasteiger partial charge in [-0.05, 0) is 25.3 Å². The number of benzene rings is 1. The quantitative estimate of drug-likeness (QED) is 0.700. The Balaban J connectivity index is 2.38. The minimum Gasteiger partial charge on any atom is -0.335 e. The predicted octanol–water partition coefficient (Wildman–Crippen LogP) is 0.888. The molecular weight excluding hydrogens is 278 g/mol. The maximum absolute atomic E-state index is 11.8. The minimum atomic E-state index is -0.417. The van der Waals surface area contributed by atoms with E-state index in [0.717, 1.165) is 24.3 Å². The monoisotopic (exact) mass is 306 g/mol. The van der Waals surface area contributed by atoms with Gasteiger partial charge in [0.05, 0.1) is 7.05 Å². The van der Waals surface area contributed by atoms with Crippen LogP contribution in [0.4, 0.5) is 4.79 Å². The standard InChI is InChI=1S/C17H27N3O2/c1-5-13(3)18-17(22)19-16(21)12-20(4)11-15-9-7-14(6-2)8-10-15/h7-10,13H,5-6,11-12H2,1-4H3,(H2,18,19,21,22)/p+1/t13-/m0/s1. The number of quaternary nitrogens is 1. The van der Waals surface area contributed by atoms with E-state index in [2.05, 4.69) is 41.8 Å². The van der Waals surface area contributed by atoms with Gasteiger partial charge in [0.15, 0.2) is 6.54 Å². The van der Waals surface area contributed by atoms with Crippen LogP contribution < -0.4 is 15.5 Å². The van der Waals surface area contributed by atoms with Crippen LogP contribution in [0.1, 0.15) is 38.3 Å². The van der Waals surface area contributed by atoms with Crippen molar-refractivity contribution in [2.75, 3.05) is 13.6 Å². The SMILES string of the molecule is CCc1ccc(C[NH+](C)CC(=O)NC(=O)N[C@@H](C)CC)cc1. The Morgan fingerprint density at radius 3 is 2.27 bits per heavy atom. The summed E-state index contributed by atoms with van der Waals surface area (Å²) in [5.74, 6) is -0.261. The number of hydrogen-bond donors (Lipinski definition) is 3. The van der Waals surface area contributed by atoms with Crippen LogP contribution in [-0.2, 0) is 17.8 Å². The summed E-state index contributed by atoms with van der Waals surface area (Å²) in [6, 6.07) is 8.06. The second kappa shape index (κ2) is 9.20. The van der Waals surface area contributed by atoms with E-state index in [1.165, 1.54) is 11.1 Å². The Morgan fingerprint density at radius 2 is 1.73 bits per heavy atom. The molecule has 1 aromatic rings. The van der Waals surface area contributed by atoms with Crippen molar-refractivity contribution in [1.82, 2.24) is 10.6 Å². The van der Waals surface area contributed by atoms with Gasteiger partial charge in [-0.25, -0.2) is 4.79 Å². The van der Waals surface area contributed by atoms with Gasteiger partial charge in [0.1, 0.15) is 6.54 Å². The Morgan fingerprint density at radius 1 is 1.14 bits per heavy atom. The fourth-order valence-corrected chi connectivity index (χ4v) is 2.11. The van der Waals surface area contributed by atoms with Gasteiger partial charge in [-0.15, -0.1) is 0 Å². The second-order valence-corrected chi connectivity index (χ2v) is 5.81. The highest BCUT2D eigenvalue weighted by Gasteiger charge is 2.14. The first-order valence-corrected chi connectivity index (χ1v) is 7.94. The molecule has 0 heterocycles. The van der Waals surface area contributed by atoms with Crippen LogP contribution in [0.25, 0.3) is 0 Å². The lowest BCUT2D eigenvalue weighted by Gasteiger charge is -2.15. The van der Waals surface area contributed by atoms with Gasteiger partial charge >= 0.3 is 6.03 Å². The summed E-state index contributed by atoms with van der Waals surface area (Å²) >= 11 is 0. The van der Waals surface area contributed by atoms with Gasteiger partial charge < -0.3 is 10.2 Å². The van der Waals surface area contributed by atoms with E-state index >= 15 is 0 Å². The zero-order valence-corrected chi connectivity index (χ0v) is 14.0. The van der Waals surface area contributed by atoms with Gasteiger partial charge in [-0.1, -0.05) is 38.1 Å². The molecule has 0 spiro atoms. The molecule has 2 atom stereocenters. The van der Waals surface area contributed by atoms with Gasteiger partial charge in [0.25, 0.3) is 5.91 Å². The molecule has 5 heteroatoms. The van der Waals surface area contributed by atoms with Gasteiger partial charge in [-0.3, -0.25) is 10.1 Å². The van der Waals surface area contributed by atoms with Crippen LogP contribution in [0, 0.1) is 0 Å². The minimum absolute atomic E-state index is 0.0648. The average molecular weight is 306 g/mol. The smallest absolute Gasteiger partial charge is 0.321 e. The largest absolute Gasteiger partial charge is 0.335 e. The summed E-state index contributed by atoms with van der Waals surface area (Å²) in [7, 11) is 1.94. The van der Waals surface area contributed by atoms with Crippen molar-refractivity contribution < 1.29 is 14.5 Å². The van der Waals surface area contributed by atoms with Gasteiger partial charge in [0, 0.05) is 11.6 Å². The number of carbonyl (C=O) groups excluding carboxylic acids is 2. The molecule has 0 bridgehead atoms. The Labute approximate surface area is 133 Å². The number of urea groups is 1. The first-order valence-electron chi connectivity index (χ1n) is 7.94. The summed E-state index contributed by atoms with van der Waals surface area (Å²) in [4.78, 5) is 24.5. The van der Waals surface area contributed by atoms with E-state index < -0.39 is 6.03 Å². The van der Waals surface area contributed by atoms with E-state index in [4.69, 9.17) is 0 Å². The lowest BCUT2D eigenvalue weighted by atomic mass is 10.1. The molecule has 0 aliphatic carbocycles. The Kier molecular flexibility index (Phi) is 7.60. The van der Waals surface area contributed by atoms with Crippen LogP contribution in [0.2, 0.25) is 0 Å². The lowest BCUT2D eigenvalue weighted by molar-refractivity contribution is -0.885. The van der Waals surface area contributed by atoms with Gasteiger partial charge in [-0.2, -0.15) is 0 Å². The van der Waals surface area contributed by atoms with Crippen molar-refractivity contribution in [3.05, 3.63) is 35.4 Å². The Bertz CT molecular complexity index is 485. The third-order valence-electron chi connectivity index (χ3n) is 3.64. The maximum Gasteiger partial charge on any atom is 0.321 e. The summed E-state index contributed by atoms with van der Waals surface area (Å²) in [5, 5.41) is 5.09. The number of likely N-dealkylation sites (N-methyl/N-ethyl adjacent to an activating group) is 1. The number of nitrogens with one attached hydrogen (secondary N) is 3. The molecule has 3 N–H and O–H groups in total. The fourth-order valence-electron chi connectivity index (χ4n) is 2.11. The molecule has 0 saturated carbocycles. The first-order chi connectivity index (χ1) is 10.4. The van der Waals surface area contributed by atoms with Crippen molar-refractivity contribution in [2.45, 2.75) is 46.2 Å². The third-order valence-corrected chi connectivity index (χ3v) is 3.64. The van der Waals surface area contributed by atoms with Crippen LogP contribution in [0.5, 0.6) is 0 Å². The highest BCUT2D eigenvalue weighted by molar-refractivity contribution is 5.94. The van der Waals surface area contributed by atoms with Crippen LogP contribution in [0.15, 0.2) is 24.3 Å². The Hall–Kier alpha value is -1.88. The molecule has 1 unspecified atom stereocenters. The van der Waals surface area contributed by atoms with Crippen molar-refractivity contribution in [3.63, 3.8) is 0 Å². The van der Waals surface area contributed by atoms with Crippen LogP contribution in [-0.4, -0.2) is 31.6 Å². The molecule has 0 saturated heterocycles. The zero-order chi connectivity index (χ0) is 16.5. The molecule has 0 fully saturated rings. The second-order valence-electron chi connectivity index (χ2n) is 5.81. The van der Waals surface area contributed by atoms with E-state index in [0.29, 0.717) is 0 Å². The highest BCUT2D eigenvalue weighted by Crippen LogP contribution is 2.03. The number of amides is 3. The van der Waals surface area contributed by atoms with Gasteiger partial charge in [0.2, 0.25) is 0 Å². The molecule has 122 valence electrons. The number of aryl methyl sites for hydroxylation is 1. The molecule has 0 aliphatic rings. The van der Waals surface area contributed by atoms with Crippen molar-refractivity contribution in [1.29, 1.82) is 0 Å². The molecule has 22 heavy (non-hydrogen) atoms. The number of hydrogen-bond acceptors (Lipinski definition) is 2. The number of imide groups is 1. The molecule has 1 rings (SSSR count). The highest BCUT2D eigenvalue weighted by atomic mass is 16.2. The number of rotatable bonds is 7. The van der Waals surface area contributed by atoms with Crippen molar-refractivity contribution in [2.24, 2.45) is 0 Å². The van der Waals surface area contributed by atoms with E-state index in [9.17, 15) is 9.59 Å². The fraction of sp³-hybridized carbons (Fsp3) is 0.529. The molecule has 3 amide bonds. The third kappa shape index (κ3) is 6.72. The molecule has 0 radical (unpaired) electrons. The molecule has 5 nitrogen and oxygen atoms in total. The summed E-state index contributed by atoms with van der Waals surface area (Å²) in [6.45, 7) is 7.03. The summed E-state index contributed by atoms with van der Waals surface area (Å²) in [5.41, 5.74) is 2.49. The topological polar surface area (TPSA) is 62.6 Å². The zero-order valence-electron chi connectivity index (χ0n) is 14.0.